The second-order valence-electron chi connectivity index (χ2n) is 9.52. The Morgan fingerprint density at radius 3 is 2.32 bits per heavy atom. The van der Waals surface area contributed by atoms with E-state index in [0.29, 0.717) is 39.3 Å². The molecule has 1 heterocycles. The maximum absolute atomic E-state index is 13.5. The summed E-state index contributed by atoms with van der Waals surface area (Å²) in [6.45, 7) is 0. The predicted octanol–water partition coefficient (Wildman–Crippen LogP) is 6.55. The van der Waals surface area contributed by atoms with Gasteiger partial charge < -0.3 is 15.1 Å². The van der Waals surface area contributed by atoms with Gasteiger partial charge in [-0.1, -0.05) is 48.5 Å². The van der Waals surface area contributed by atoms with Crippen molar-refractivity contribution >= 4 is 22.8 Å². The van der Waals surface area contributed by atoms with Crippen LogP contribution < -0.4 is 10.6 Å². The van der Waals surface area contributed by atoms with Crippen molar-refractivity contribution in [1.82, 2.24) is 10.6 Å². The number of furan rings is 1. The van der Waals surface area contributed by atoms with E-state index in [1.54, 1.807) is 25.2 Å². The molecule has 2 atom stereocenters. The first-order valence-electron chi connectivity index (χ1n) is 12.5. The van der Waals surface area contributed by atoms with Crippen molar-refractivity contribution in [2.45, 2.75) is 18.4 Å². The molecule has 1 aromatic heterocycles. The average Bonchev–Trinajstić information content (AvgIpc) is 3.62. The summed E-state index contributed by atoms with van der Waals surface area (Å²) < 4.78 is 19.5. The SMILES string of the molecule is CNC(=O)c1c(-c2ccc(F)cc2)oc2ccc(-c3cccc(C(=O)N[C@H]4C[C@@H]4c4ccccc4)c3)cc12. The average molecular weight is 505 g/mol. The molecule has 1 fully saturated rings. The molecule has 4 aromatic carbocycles. The number of halogens is 1. The van der Waals surface area contributed by atoms with Gasteiger partial charge in [0.15, 0.2) is 0 Å². The number of hydrogen-bond donors (Lipinski definition) is 2. The third-order valence-electron chi connectivity index (χ3n) is 7.04. The second kappa shape index (κ2) is 9.63. The van der Waals surface area contributed by atoms with E-state index < -0.39 is 0 Å². The Kier molecular flexibility index (Phi) is 6.00. The summed E-state index contributed by atoms with van der Waals surface area (Å²) in [5, 5.41) is 6.47. The normalized spacial score (nSPS) is 16.3. The van der Waals surface area contributed by atoms with Crippen molar-refractivity contribution in [2.75, 3.05) is 7.05 Å². The van der Waals surface area contributed by atoms with Crippen molar-refractivity contribution in [3.63, 3.8) is 0 Å². The zero-order valence-corrected chi connectivity index (χ0v) is 20.7. The fraction of sp³-hybridized carbons (Fsp3) is 0.125. The maximum Gasteiger partial charge on any atom is 0.255 e. The van der Waals surface area contributed by atoms with Gasteiger partial charge in [0.05, 0.1) is 5.56 Å². The van der Waals surface area contributed by atoms with Crippen molar-refractivity contribution in [1.29, 1.82) is 0 Å². The third kappa shape index (κ3) is 4.45. The summed E-state index contributed by atoms with van der Waals surface area (Å²) in [5.41, 5.74) is 5.04. The molecule has 1 saturated carbocycles. The van der Waals surface area contributed by atoms with Gasteiger partial charge in [-0.2, -0.15) is 0 Å². The van der Waals surface area contributed by atoms with Crippen LogP contribution in [-0.4, -0.2) is 24.9 Å². The molecule has 1 aliphatic carbocycles. The molecule has 0 saturated heterocycles. The molecule has 188 valence electrons. The molecule has 6 rings (SSSR count). The number of rotatable bonds is 6. The summed E-state index contributed by atoms with van der Waals surface area (Å²) in [6, 6.07) is 29.3. The second-order valence-corrected chi connectivity index (χ2v) is 9.52. The fourth-order valence-electron chi connectivity index (χ4n) is 4.95. The van der Waals surface area contributed by atoms with E-state index in [2.05, 4.69) is 22.8 Å². The van der Waals surface area contributed by atoms with Crippen LogP contribution in [0.2, 0.25) is 0 Å². The van der Waals surface area contributed by atoms with Crippen molar-refractivity contribution in [3.8, 4) is 22.5 Å². The zero-order chi connectivity index (χ0) is 26.2. The lowest BCUT2D eigenvalue weighted by molar-refractivity contribution is 0.0946. The molecular weight excluding hydrogens is 479 g/mol. The predicted molar refractivity (Wildman–Crippen MR) is 145 cm³/mol. The van der Waals surface area contributed by atoms with E-state index in [1.165, 1.54) is 17.7 Å². The number of benzene rings is 4. The van der Waals surface area contributed by atoms with E-state index in [1.807, 2.05) is 54.6 Å². The smallest absolute Gasteiger partial charge is 0.255 e. The Morgan fingerprint density at radius 2 is 1.55 bits per heavy atom. The Labute approximate surface area is 219 Å². The molecular formula is C32H25FN2O3. The van der Waals surface area contributed by atoms with Crippen molar-refractivity contribution < 1.29 is 18.4 Å². The molecule has 0 bridgehead atoms. The monoisotopic (exact) mass is 504 g/mol. The highest BCUT2D eigenvalue weighted by Gasteiger charge is 2.39. The number of carbonyl (C=O) groups is 2. The van der Waals surface area contributed by atoms with Gasteiger partial charge in [0.2, 0.25) is 0 Å². The summed E-state index contributed by atoms with van der Waals surface area (Å²) in [5.74, 6) is -0.0443. The van der Waals surface area contributed by atoms with Crippen LogP contribution >= 0.6 is 0 Å². The van der Waals surface area contributed by atoms with Crippen LogP contribution in [0.15, 0.2) is 101 Å². The van der Waals surface area contributed by atoms with E-state index in [-0.39, 0.29) is 23.7 Å². The minimum Gasteiger partial charge on any atom is -0.455 e. The highest BCUT2D eigenvalue weighted by atomic mass is 19.1. The zero-order valence-electron chi connectivity index (χ0n) is 20.7. The fourth-order valence-corrected chi connectivity index (χ4v) is 4.95. The molecule has 6 heteroatoms. The molecule has 38 heavy (non-hydrogen) atoms. The van der Waals surface area contributed by atoms with Crippen LogP contribution in [0.4, 0.5) is 4.39 Å². The Bertz CT molecular complexity index is 1660. The first-order chi connectivity index (χ1) is 18.5. The molecule has 0 radical (unpaired) electrons. The summed E-state index contributed by atoms with van der Waals surface area (Å²) in [7, 11) is 1.56. The molecule has 1 aliphatic rings. The number of carbonyl (C=O) groups excluding carboxylic acids is 2. The highest BCUT2D eigenvalue weighted by molar-refractivity contribution is 6.11. The van der Waals surface area contributed by atoms with Gasteiger partial charge in [0.1, 0.15) is 17.2 Å². The van der Waals surface area contributed by atoms with Crippen molar-refractivity contribution in [3.05, 3.63) is 120 Å². The number of fused-ring (bicyclic) bond motifs is 1. The van der Waals surface area contributed by atoms with Crippen LogP contribution in [0.5, 0.6) is 0 Å². The number of hydrogen-bond acceptors (Lipinski definition) is 3. The maximum atomic E-state index is 13.5. The minimum absolute atomic E-state index is 0.107. The standard InChI is InChI=1S/C32H25FN2O3/c1-34-32(37)29-26-17-22(12-15-28(26)38-30(29)20-10-13-24(33)14-11-20)21-8-5-9-23(16-21)31(36)35-27-18-25(27)19-6-3-2-4-7-19/h2-17,25,27H,18H2,1H3,(H,34,37)(H,35,36)/t25-,27+/m1/s1. The molecule has 5 nitrogen and oxygen atoms in total. The Balaban J connectivity index is 1.30. The Hall–Kier alpha value is -4.71. The van der Waals surface area contributed by atoms with Gasteiger partial charge in [-0.25, -0.2) is 4.39 Å². The van der Waals surface area contributed by atoms with Gasteiger partial charge in [-0.05, 0) is 71.6 Å². The molecule has 2 amide bonds. The molecule has 0 aliphatic heterocycles. The van der Waals surface area contributed by atoms with E-state index >= 15 is 0 Å². The largest absolute Gasteiger partial charge is 0.455 e. The van der Waals surface area contributed by atoms with Gasteiger partial charge in [0.25, 0.3) is 11.8 Å². The van der Waals surface area contributed by atoms with Crippen LogP contribution in [0.1, 0.15) is 38.6 Å². The van der Waals surface area contributed by atoms with Crippen LogP contribution in [0.25, 0.3) is 33.4 Å². The number of nitrogens with one attached hydrogen (secondary N) is 2. The van der Waals surface area contributed by atoms with Crippen LogP contribution in [-0.2, 0) is 0 Å². The van der Waals surface area contributed by atoms with E-state index in [4.69, 9.17) is 4.42 Å². The minimum atomic E-state index is -0.366. The van der Waals surface area contributed by atoms with Crippen LogP contribution in [0.3, 0.4) is 0 Å². The molecule has 0 unspecified atom stereocenters. The molecule has 2 N–H and O–H groups in total. The van der Waals surface area contributed by atoms with E-state index in [9.17, 15) is 14.0 Å². The number of amides is 2. The lowest BCUT2D eigenvalue weighted by Crippen LogP contribution is -2.26. The van der Waals surface area contributed by atoms with Crippen LogP contribution in [0, 0.1) is 5.82 Å². The molecule has 0 spiro atoms. The summed E-state index contributed by atoms with van der Waals surface area (Å²) >= 11 is 0. The van der Waals surface area contributed by atoms with Gasteiger partial charge in [-0.3, -0.25) is 9.59 Å². The van der Waals surface area contributed by atoms with Gasteiger partial charge in [0, 0.05) is 35.5 Å². The van der Waals surface area contributed by atoms with Gasteiger partial charge >= 0.3 is 0 Å². The summed E-state index contributed by atoms with van der Waals surface area (Å²) in [4.78, 5) is 25.9. The van der Waals surface area contributed by atoms with Gasteiger partial charge in [-0.15, -0.1) is 0 Å². The van der Waals surface area contributed by atoms with Crippen molar-refractivity contribution in [2.24, 2.45) is 0 Å². The summed E-state index contributed by atoms with van der Waals surface area (Å²) in [6.07, 6.45) is 0.936. The lowest BCUT2D eigenvalue weighted by atomic mass is 9.99. The third-order valence-corrected chi connectivity index (χ3v) is 7.04. The Morgan fingerprint density at radius 1 is 0.816 bits per heavy atom. The molecule has 5 aromatic rings. The first-order valence-corrected chi connectivity index (χ1v) is 12.5. The lowest BCUT2D eigenvalue weighted by Gasteiger charge is -2.08. The highest BCUT2D eigenvalue weighted by Crippen LogP contribution is 2.41. The first kappa shape index (κ1) is 23.7. The topological polar surface area (TPSA) is 71.3 Å². The quantitative estimate of drug-likeness (QED) is 0.275. The van der Waals surface area contributed by atoms with E-state index in [0.717, 1.165) is 17.5 Å².